The van der Waals surface area contributed by atoms with Gasteiger partial charge < -0.3 is 9.84 Å². The predicted octanol–water partition coefficient (Wildman–Crippen LogP) is 3.27. The van der Waals surface area contributed by atoms with E-state index >= 15 is 0 Å². The van der Waals surface area contributed by atoms with Gasteiger partial charge in [-0.15, -0.1) is 0 Å². The van der Waals surface area contributed by atoms with E-state index < -0.39 is 17.5 Å². The van der Waals surface area contributed by atoms with E-state index in [2.05, 4.69) is 0 Å². The van der Waals surface area contributed by atoms with Crippen LogP contribution < -0.4 is 4.74 Å². The third kappa shape index (κ3) is 2.56. The zero-order valence-corrected chi connectivity index (χ0v) is 10.1. The van der Waals surface area contributed by atoms with Gasteiger partial charge in [0, 0.05) is 17.2 Å². The van der Waals surface area contributed by atoms with Crippen LogP contribution in [0.1, 0.15) is 5.56 Å². The van der Waals surface area contributed by atoms with Crippen molar-refractivity contribution in [1.29, 1.82) is 0 Å². The Kier molecular flexibility index (Phi) is 3.76. The van der Waals surface area contributed by atoms with E-state index in [0.29, 0.717) is 22.9 Å². The number of methoxy groups -OCH3 is 1. The molecule has 0 unspecified atom stereocenters. The number of rotatable bonds is 3. The topological polar surface area (TPSA) is 29.5 Å². The smallest absolute Gasteiger partial charge is 0.161 e. The van der Waals surface area contributed by atoms with Gasteiger partial charge in [-0.2, -0.15) is 0 Å². The first-order valence-electron chi connectivity index (χ1n) is 5.49. The van der Waals surface area contributed by atoms with Crippen LogP contribution in [-0.4, -0.2) is 12.2 Å². The first-order valence-corrected chi connectivity index (χ1v) is 5.49. The second-order valence-corrected chi connectivity index (χ2v) is 3.93. The lowest BCUT2D eigenvalue weighted by atomic mass is 10.0. The summed E-state index contributed by atoms with van der Waals surface area (Å²) < 4.78 is 44.7. The van der Waals surface area contributed by atoms with Crippen LogP contribution in [0.2, 0.25) is 0 Å². The molecular formula is C14H11F3O2. The zero-order valence-electron chi connectivity index (χ0n) is 10.1. The van der Waals surface area contributed by atoms with E-state index in [0.717, 1.165) is 6.07 Å². The lowest BCUT2D eigenvalue weighted by Crippen LogP contribution is -1.95. The van der Waals surface area contributed by atoms with Crippen LogP contribution in [0.3, 0.4) is 0 Å². The average Bonchev–Trinajstić information content (AvgIpc) is 2.42. The van der Waals surface area contributed by atoms with Crippen molar-refractivity contribution in [1.82, 2.24) is 0 Å². The Morgan fingerprint density at radius 2 is 1.68 bits per heavy atom. The second kappa shape index (κ2) is 5.32. The van der Waals surface area contributed by atoms with Crippen molar-refractivity contribution >= 4 is 0 Å². The van der Waals surface area contributed by atoms with Gasteiger partial charge in [-0.05, 0) is 23.8 Å². The van der Waals surface area contributed by atoms with Gasteiger partial charge in [0.2, 0.25) is 0 Å². The van der Waals surface area contributed by atoms with Crippen LogP contribution >= 0.6 is 0 Å². The summed E-state index contributed by atoms with van der Waals surface area (Å²) in [6.45, 7) is -0.303. The minimum Gasteiger partial charge on any atom is -0.496 e. The number of hydrogen-bond acceptors (Lipinski definition) is 2. The first kappa shape index (κ1) is 13.4. The normalized spacial score (nSPS) is 10.6. The number of aliphatic hydroxyl groups excluding tert-OH is 1. The molecule has 0 saturated carbocycles. The molecule has 0 bridgehead atoms. The van der Waals surface area contributed by atoms with E-state index in [-0.39, 0.29) is 12.2 Å². The molecular weight excluding hydrogens is 257 g/mol. The molecule has 2 aromatic carbocycles. The summed E-state index contributed by atoms with van der Waals surface area (Å²) in [4.78, 5) is 0. The average molecular weight is 268 g/mol. The van der Waals surface area contributed by atoms with Gasteiger partial charge in [0.05, 0.1) is 13.7 Å². The molecule has 0 saturated heterocycles. The minimum atomic E-state index is -1.24. The highest BCUT2D eigenvalue weighted by Crippen LogP contribution is 2.29. The summed E-state index contributed by atoms with van der Waals surface area (Å²) in [5.41, 5.74) is 0.696. The summed E-state index contributed by atoms with van der Waals surface area (Å²) >= 11 is 0. The molecule has 0 fully saturated rings. The maximum Gasteiger partial charge on any atom is 0.161 e. The molecule has 0 aliphatic rings. The Hall–Kier alpha value is -2.01. The Morgan fingerprint density at radius 3 is 2.32 bits per heavy atom. The SMILES string of the molecule is COc1ccc(-c2cc(F)c(F)cc2F)cc1CO. The number of ether oxygens (including phenoxy) is 1. The third-order valence-corrected chi connectivity index (χ3v) is 2.77. The fourth-order valence-corrected chi connectivity index (χ4v) is 1.81. The number of halogens is 3. The van der Waals surface area contributed by atoms with Gasteiger partial charge in [-0.3, -0.25) is 0 Å². The monoisotopic (exact) mass is 268 g/mol. The lowest BCUT2D eigenvalue weighted by Gasteiger charge is -2.10. The van der Waals surface area contributed by atoms with Crippen LogP contribution in [0.15, 0.2) is 30.3 Å². The fourth-order valence-electron chi connectivity index (χ4n) is 1.81. The molecule has 0 aromatic heterocycles. The van der Waals surface area contributed by atoms with Crippen molar-refractivity contribution in [2.75, 3.05) is 7.11 Å². The van der Waals surface area contributed by atoms with Gasteiger partial charge in [-0.1, -0.05) is 6.07 Å². The van der Waals surface area contributed by atoms with E-state index in [4.69, 9.17) is 4.74 Å². The van der Waals surface area contributed by atoms with Crippen LogP contribution in [0.5, 0.6) is 5.75 Å². The van der Waals surface area contributed by atoms with E-state index in [1.807, 2.05) is 0 Å². The molecule has 0 aliphatic heterocycles. The van der Waals surface area contributed by atoms with Crippen molar-refractivity contribution < 1.29 is 23.0 Å². The Balaban J connectivity index is 2.56. The summed E-state index contributed by atoms with van der Waals surface area (Å²) in [6, 6.07) is 5.78. The summed E-state index contributed by atoms with van der Waals surface area (Å²) in [6.07, 6.45) is 0. The predicted molar refractivity (Wildman–Crippen MR) is 64.2 cm³/mol. The molecule has 0 amide bonds. The number of aliphatic hydroxyl groups is 1. The van der Waals surface area contributed by atoms with Crippen LogP contribution in [0.4, 0.5) is 13.2 Å². The zero-order chi connectivity index (χ0) is 14.0. The lowest BCUT2D eigenvalue weighted by molar-refractivity contribution is 0.274. The van der Waals surface area contributed by atoms with Gasteiger partial charge in [-0.25, -0.2) is 13.2 Å². The molecule has 5 heteroatoms. The first-order chi connectivity index (χ1) is 9.06. The van der Waals surface area contributed by atoms with Gasteiger partial charge in [0.25, 0.3) is 0 Å². The second-order valence-electron chi connectivity index (χ2n) is 3.93. The highest BCUT2D eigenvalue weighted by Gasteiger charge is 2.13. The standard InChI is InChI=1S/C14H11F3O2/c1-19-14-3-2-8(4-9(14)7-18)10-5-12(16)13(17)6-11(10)15/h2-6,18H,7H2,1H3. The Bertz CT molecular complexity index is 612. The highest BCUT2D eigenvalue weighted by molar-refractivity contribution is 5.66. The molecule has 0 spiro atoms. The number of hydrogen-bond donors (Lipinski definition) is 1. The fraction of sp³-hybridized carbons (Fsp3) is 0.143. The summed E-state index contributed by atoms with van der Waals surface area (Å²) in [5.74, 6) is -2.79. The number of benzene rings is 2. The van der Waals surface area contributed by atoms with Gasteiger partial charge in [0.15, 0.2) is 11.6 Å². The van der Waals surface area contributed by atoms with Crippen LogP contribution in [0.25, 0.3) is 11.1 Å². The molecule has 2 rings (SSSR count). The van der Waals surface area contributed by atoms with E-state index in [9.17, 15) is 18.3 Å². The quantitative estimate of drug-likeness (QED) is 0.866. The van der Waals surface area contributed by atoms with Crippen LogP contribution in [0, 0.1) is 17.5 Å². The third-order valence-electron chi connectivity index (χ3n) is 2.77. The van der Waals surface area contributed by atoms with E-state index in [1.165, 1.54) is 25.3 Å². The van der Waals surface area contributed by atoms with Crippen molar-refractivity contribution in [3.63, 3.8) is 0 Å². The van der Waals surface area contributed by atoms with Crippen molar-refractivity contribution in [3.8, 4) is 16.9 Å². The van der Waals surface area contributed by atoms with Crippen molar-refractivity contribution in [2.24, 2.45) is 0 Å². The van der Waals surface area contributed by atoms with Crippen molar-refractivity contribution in [3.05, 3.63) is 53.3 Å². The molecule has 1 N–H and O–H groups in total. The summed E-state index contributed by atoms with van der Waals surface area (Å²) in [5, 5.41) is 9.18. The molecule has 0 heterocycles. The van der Waals surface area contributed by atoms with Crippen LogP contribution in [-0.2, 0) is 6.61 Å². The molecule has 2 nitrogen and oxygen atoms in total. The highest BCUT2D eigenvalue weighted by atomic mass is 19.2. The van der Waals surface area contributed by atoms with E-state index in [1.54, 1.807) is 0 Å². The molecule has 2 aromatic rings. The Labute approximate surface area is 108 Å². The molecule has 100 valence electrons. The maximum atomic E-state index is 13.6. The Morgan fingerprint density at radius 1 is 1.00 bits per heavy atom. The molecule has 0 radical (unpaired) electrons. The molecule has 0 aliphatic carbocycles. The summed E-state index contributed by atoms with van der Waals surface area (Å²) in [7, 11) is 1.44. The maximum absolute atomic E-state index is 13.6. The minimum absolute atomic E-state index is 0.0729. The largest absolute Gasteiger partial charge is 0.496 e. The molecule has 0 atom stereocenters. The molecule has 19 heavy (non-hydrogen) atoms. The van der Waals surface area contributed by atoms with Crippen molar-refractivity contribution in [2.45, 2.75) is 6.61 Å². The van der Waals surface area contributed by atoms with Gasteiger partial charge in [0.1, 0.15) is 11.6 Å². The van der Waals surface area contributed by atoms with Gasteiger partial charge >= 0.3 is 0 Å².